The van der Waals surface area contributed by atoms with E-state index in [2.05, 4.69) is 4.98 Å². The van der Waals surface area contributed by atoms with Crippen LogP contribution < -0.4 is 16.0 Å². The first-order chi connectivity index (χ1) is 20.2. The van der Waals surface area contributed by atoms with E-state index in [0.29, 0.717) is 17.0 Å². The van der Waals surface area contributed by atoms with Gasteiger partial charge in [-0.2, -0.15) is 0 Å². The minimum Gasteiger partial charge on any atom is -0.497 e. The highest BCUT2D eigenvalue weighted by molar-refractivity contribution is 6.68. The Hall–Kier alpha value is -2.19. The van der Waals surface area contributed by atoms with Crippen molar-refractivity contribution in [3.63, 3.8) is 0 Å². The molecule has 13 nitrogen and oxygen atoms in total. The van der Waals surface area contributed by atoms with Gasteiger partial charge in [-0.1, -0.05) is 0 Å². The second-order valence-corrected chi connectivity index (χ2v) is 15.8. The van der Waals surface area contributed by atoms with E-state index in [1.165, 1.54) is 10.6 Å². The van der Waals surface area contributed by atoms with E-state index in [9.17, 15) is 9.59 Å². The highest BCUT2D eigenvalue weighted by atomic mass is 28.5. The maximum Gasteiger partial charge on any atom is 0.674 e. The van der Waals surface area contributed by atoms with Crippen molar-refractivity contribution >= 4 is 18.1 Å². The van der Waals surface area contributed by atoms with Crippen LogP contribution in [0.3, 0.4) is 0 Å². The first-order valence-corrected chi connectivity index (χ1v) is 17.9. The Balaban J connectivity index is 1.78. The van der Waals surface area contributed by atoms with Crippen LogP contribution in [-0.2, 0) is 35.4 Å². The summed E-state index contributed by atoms with van der Waals surface area (Å²) in [5.41, 5.74) is -0.138. The van der Waals surface area contributed by atoms with Gasteiger partial charge in [0.25, 0.3) is 5.56 Å². The fraction of sp³-hybridized carbons (Fsp3) is 0.643. The lowest BCUT2D eigenvalue weighted by Crippen LogP contribution is -2.67. The Morgan fingerprint density at radius 3 is 1.93 bits per heavy atom. The van der Waals surface area contributed by atoms with Gasteiger partial charge in [-0.3, -0.25) is 14.3 Å². The van der Waals surface area contributed by atoms with E-state index in [0.717, 1.165) is 0 Å². The molecule has 2 aliphatic heterocycles. The van der Waals surface area contributed by atoms with Gasteiger partial charge in [0.05, 0.1) is 25.5 Å². The average molecular weight is 641 g/mol. The maximum atomic E-state index is 13.3. The summed E-state index contributed by atoms with van der Waals surface area (Å²) in [6.45, 7) is 14.8. The molecule has 1 aromatic heterocycles. The number of methoxy groups -OCH3 is 1. The maximum absolute atomic E-state index is 13.3. The Morgan fingerprint density at radius 1 is 0.837 bits per heavy atom. The van der Waals surface area contributed by atoms with E-state index in [1.54, 1.807) is 31.4 Å². The lowest BCUT2D eigenvalue weighted by atomic mass is 10.1. The molecule has 2 saturated heterocycles. The molecule has 15 heteroatoms. The summed E-state index contributed by atoms with van der Waals surface area (Å²) in [6.07, 6.45) is -3.23. The third-order valence-corrected chi connectivity index (χ3v) is 12.5. The van der Waals surface area contributed by atoms with Crippen LogP contribution in [0.5, 0.6) is 5.75 Å². The SMILES string of the molecule is COc1ccc(-c2cc(=O)[nH]c(=O)n2[C@H]2C[C@@H]3O[Si](OC(C)C)(OC(C)C)O[Si](OC(C)C)(OC(C)C)OC[C@H]3O2)cc1. The van der Waals surface area contributed by atoms with Crippen molar-refractivity contribution in [1.29, 1.82) is 0 Å². The Morgan fingerprint density at radius 2 is 1.40 bits per heavy atom. The molecule has 1 aromatic carbocycles. The monoisotopic (exact) mass is 640 g/mol. The largest absolute Gasteiger partial charge is 0.674 e. The topological polar surface area (TPSA) is 138 Å². The van der Waals surface area contributed by atoms with E-state index < -0.39 is 47.8 Å². The molecule has 0 radical (unpaired) electrons. The third kappa shape index (κ3) is 8.30. The number of hydrogen-bond donors (Lipinski definition) is 1. The number of rotatable bonds is 11. The van der Waals surface area contributed by atoms with Crippen molar-refractivity contribution in [2.75, 3.05) is 13.7 Å². The number of H-pyrrole nitrogens is 1. The van der Waals surface area contributed by atoms with Crippen molar-refractivity contribution in [3.05, 3.63) is 51.2 Å². The summed E-state index contributed by atoms with van der Waals surface area (Å²) in [4.78, 5) is 28.0. The molecule has 0 saturated carbocycles. The highest BCUT2D eigenvalue weighted by Crippen LogP contribution is 2.39. The number of fused-ring (bicyclic) bond motifs is 1. The Kier molecular flexibility index (Phi) is 10.9. The fourth-order valence-corrected chi connectivity index (χ4v) is 11.0. The lowest BCUT2D eigenvalue weighted by molar-refractivity contribution is -0.144. The molecule has 43 heavy (non-hydrogen) atoms. The second kappa shape index (κ2) is 13.8. The van der Waals surface area contributed by atoms with Crippen molar-refractivity contribution < 1.29 is 40.1 Å². The van der Waals surface area contributed by atoms with Crippen LogP contribution in [0.15, 0.2) is 39.9 Å². The molecule has 3 atom stereocenters. The summed E-state index contributed by atoms with van der Waals surface area (Å²) < 4.78 is 57.9. The molecular weight excluding hydrogens is 596 g/mol. The number of aromatic nitrogens is 2. The smallest absolute Gasteiger partial charge is 0.497 e. The van der Waals surface area contributed by atoms with Gasteiger partial charge in [0, 0.05) is 36.9 Å². The Bertz CT molecular complexity index is 1310. The van der Waals surface area contributed by atoms with Crippen LogP contribution in [0.4, 0.5) is 0 Å². The van der Waals surface area contributed by atoms with Gasteiger partial charge >= 0.3 is 23.8 Å². The lowest BCUT2D eigenvalue weighted by Gasteiger charge is -2.42. The first kappa shape index (κ1) is 33.7. The molecular formula is C28H44N2O11Si2. The van der Waals surface area contributed by atoms with Gasteiger partial charge in [0.15, 0.2) is 0 Å². The average Bonchev–Trinajstić information content (AvgIpc) is 3.25. The quantitative estimate of drug-likeness (QED) is 0.361. The van der Waals surface area contributed by atoms with Crippen LogP contribution in [0.25, 0.3) is 11.3 Å². The predicted octanol–water partition coefficient (Wildman–Crippen LogP) is 3.50. The zero-order chi connectivity index (χ0) is 31.5. The van der Waals surface area contributed by atoms with E-state index in [1.807, 2.05) is 55.4 Å². The van der Waals surface area contributed by atoms with Gasteiger partial charge in [-0.05, 0) is 85.2 Å². The highest BCUT2D eigenvalue weighted by Gasteiger charge is 2.65. The van der Waals surface area contributed by atoms with E-state index >= 15 is 0 Å². The molecule has 2 aliphatic rings. The number of aromatic amines is 1. The van der Waals surface area contributed by atoms with Crippen LogP contribution in [0.1, 0.15) is 68.0 Å². The van der Waals surface area contributed by atoms with Gasteiger partial charge in [0.1, 0.15) is 18.1 Å². The zero-order valence-corrected chi connectivity index (χ0v) is 28.3. The molecule has 1 N–H and O–H groups in total. The molecule has 2 aromatic rings. The summed E-state index contributed by atoms with van der Waals surface area (Å²) in [7, 11) is -6.41. The van der Waals surface area contributed by atoms with Gasteiger partial charge in [-0.15, -0.1) is 0 Å². The minimum atomic E-state index is -4.04. The van der Waals surface area contributed by atoms with Crippen molar-refractivity contribution in [3.8, 4) is 17.0 Å². The van der Waals surface area contributed by atoms with Crippen LogP contribution in [0.2, 0.25) is 0 Å². The molecule has 240 valence electrons. The summed E-state index contributed by atoms with van der Waals surface area (Å²) in [5.74, 6) is 0.639. The number of nitrogens with zero attached hydrogens (tertiary/aromatic N) is 1. The van der Waals surface area contributed by atoms with Gasteiger partial charge in [0.2, 0.25) is 0 Å². The molecule has 4 rings (SSSR count). The van der Waals surface area contributed by atoms with Crippen LogP contribution in [-0.4, -0.2) is 78.0 Å². The number of hydrogen-bond acceptors (Lipinski definition) is 11. The van der Waals surface area contributed by atoms with Crippen LogP contribution >= 0.6 is 0 Å². The number of ether oxygens (including phenoxy) is 2. The summed E-state index contributed by atoms with van der Waals surface area (Å²) in [5, 5.41) is 0. The standard InChI is InChI=1S/C28H44N2O11Si2/c1-17(2)36-42(37-18(3)4)34-16-25-24(40-43(41-42,38-19(5)6)39-20(7)8)15-27(35-25)30-23(14-26(31)29-28(30)32)21-10-12-22(33-9)13-11-21/h10-14,17-20,24-25,27H,15-16H2,1-9H3,(H,29,31,32)/t24-,25+,27+/m0/s1. The number of benzene rings is 1. The molecule has 0 unspecified atom stereocenters. The van der Waals surface area contributed by atoms with Crippen molar-refractivity contribution in [1.82, 2.24) is 9.55 Å². The first-order valence-electron chi connectivity index (χ1n) is 14.6. The van der Waals surface area contributed by atoms with Crippen molar-refractivity contribution in [2.45, 2.75) is 105 Å². The molecule has 0 aliphatic carbocycles. The summed E-state index contributed by atoms with van der Waals surface area (Å²) in [6, 6.07) is 8.41. The fourth-order valence-electron chi connectivity index (χ4n) is 4.91. The van der Waals surface area contributed by atoms with Crippen molar-refractivity contribution in [2.24, 2.45) is 0 Å². The van der Waals surface area contributed by atoms with Gasteiger partial charge < -0.3 is 40.1 Å². The summed E-state index contributed by atoms with van der Waals surface area (Å²) >= 11 is 0. The zero-order valence-electron chi connectivity index (χ0n) is 26.3. The predicted molar refractivity (Wildman–Crippen MR) is 160 cm³/mol. The molecule has 3 heterocycles. The molecule has 0 spiro atoms. The van der Waals surface area contributed by atoms with E-state index in [4.69, 9.17) is 40.1 Å². The second-order valence-electron chi connectivity index (χ2n) is 11.5. The third-order valence-electron chi connectivity index (χ3n) is 6.32. The normalized spacial score (nSPS) is 23.5. The minimum absolute atomic E-state index is 0.00333. The Labute approximate surface area is 254 Å². The van der Waals surface area contributed by atoms with Crippen LogP contribution in [0, 0.1) is 0 Å². The molecule has 0 bridgehead atoms. The number of nitrogens with one attached hydrogen (secondary N) is 1. The van der Waals surface area contributed by atoms with Gasteiger partial charge in [-0.25, -0.2) is 4.79 Å². The van der Waals surface area contributed by atoms with E-state index in [-0.39, 0.29) is 37.4 Å². The molecule has 2 fully saturated rings. The molecule has 0 amide bonds.